The average Bonchev–Trinajstić information content (AvgIpc) is 2.28. The molecule has 1 nitrogen and oxygen atoms in total. The summed E-state index contributed by atoms with van der Waals surface area (Å²) < 4.78 is 40.1. The molecule has 0 aromatic heterocycles. The lowest BCUT2D eigenvalue weighted by molar-refractivity contribution is 0.421. The van der Waals surface area contributed by atoms with Crippen molar-refractivity contribution in [2.45, 2.75) is 18.8 Å². The van der Waals surface area contributed by atoms with Crippen LogP contribution in [0.25, 0.3) is 0 Å². The van der Waals surface area contributed by atoms with E-state index >= 15 is 0 Å². The maximum atomic E-state index is 13.8. The van der Waals surface area contributed by atoms with Crippen LogP contribution in [-0.2, 0) is 0 Å². The molecule has 5 heteroatoms. The standard InChI is InChI=1S/C11H11BrF3N/c12-10-8(14)4-7(13)9(11(10)15)6-2-1-3-16-5-6/h4,6,16H,1-3,5H2. The zero-order valence-electron chi connectivity index (χ0n) is 8.49. The third kappa shape index (κ3) is 2.11. The third-order valence-corrected chi connectivity index (χ3v) is 3.58. The minimum Gasteiger partial charge on any atom is -0.316 e. The first-order chi connectivity index (χ1) is 7.61. The van der Waals surface area contributed by atoms with Crippen LogP contribution >= 0.6 is 15.9 Å². The van der Waals surface area contributed by atoms with Crippen molar-refractivity contribution in [1.82, 2.24) is 5.32 Å². The molecular weight excluding hydrogens is 283 g/mol. The van der Waals surface area contributed by atoms with Gasteiger partial charge >= 0.3 is 0 Å². The highest BCUT2D eigenvalue weighted by molar-refractivity contribution is 9.10. The van der Waals surface area contributed by atoms with E-state index in [0.29, 0.717) is 6.54 Å². The topological polar surface area (TPSA) is 12.0 Å². The Morgan fingerprint density at radius 3 is 2.62 bits per heavy atom. The number of nitrogens with one attached hydrogen (secondary N) is 1. The van der Waals surface area contributed by atoms with Crippen molar-refractivity contribution in [1.29, 1.82) is 0 Å². The lowest BCUT2D eigenvalue weighted by atomic mass is 9.91. The van der Waals surface area contributed by atoms with Crippen LogP contribution in [0, 0.1) is 17.5 Å². The highest BCUT2D eigenvalue weighted by atomic mass is 79.9. The molecule has 1 saturated heterocycles. The van der Waals surface area contributed by atoms with E-state index in [0.717, 1.165) is 25.5 Å². The zero-order chi connectivity index (χ0) is 11.7. The normalized spacial score (nSPS) is 21.1. The number of rotatable bonds is 1. The van der Waals surface area contributed by atoms with Crippen molar-refractivity contribution in [2.24, 2.45) is 0 Å². The predicted octanol–water partition coefficient (Wildman–Crippen LogP) is 3.33. The molecule has 1 aromatic carbocycles. The summed E-state index contributed by atoms with van der Waals surface area (Å²) in [5.41, 5.74) is -0.0134. The summed E-state index contributed by atoms with van der Waals surface area (Å²) in [6.45, 7) is 1.40. The fourth-order valence-corrected chi connectivity index (χ4v) is 2.38. The fraction of sp³-hybridized carbons (Fsp3) is 0.455. The molecule has 1 aliphatic heterocycles. The monoisotopic (exact) mass is 293 g/mol. The van der Waals surface area contributed by atoms with Crippen LogP contribution in [0.1, 0.15) is 24.3 Å². The van der Waals surface area contributed by atoms with Crippen molar-refractivity contribution in [2.75, 3.05) is 13.1 Å². The first-order valence-electron chi connectivity index (χ1n) is 5.15. The Morgan fingerprint density at radius 1 is 1.25 bits per heavy atom. The second-order valence-corrected chi connectivity index (χ2v) is 4.72. The van der Waals surface area contributed by atoms with Gasteiger partial charge in [-0.25, -0.2) is 13.2 Å². The SMILES string of the molecule is Fc1cc(F)c(C2CCCNC2)c(F)c1Br. The number of halogens is 4. The lowest BCUT2D eigenvalue weighted by Gasteiger charge is -2.24. The van der Waals surface area contributed by atoms with Gasteiger partial charge in [-0.3, -0.25) is 0 Å². The number of hydrogen-bond donors (Lipinski definition) is 1. The summed E-state index contributed by atoms with van der Waals surface area (Å²) in [5.74, 6) is -2.73. The second kappa shape index (κ2) is 4.75. The van der Waals surface area contributed by atoms with E-state index in [9.17, 15) is 13.2 Å². The Bertz CT molecular complexity index is 403. The maximum absolute atomic E-state index is 13.8. The van der Waals surface area contributed by atoms with Crippen molar-refractivity contribution >= 4 is 15.9 Å². The molecule has 0 bridgehead atoms. The molecule has 2 rings (SSSR count). The molecule has 0 radical (unpaired) electrons. The number of piperidine rings is 1. The van der Waals surface area contributed by atoms with Gasteiger partial charge in [0.1, 0.15) is 17.5 Å². The first kappa shape index (κ1) is 11.9. The smallest absolute Gasteiger partial charge is 0.146 e. The molecule has 0 amide bonds. The first-order valence-corrected chi connectivity index (χ1v) is 5.94. The minimum atomic E-state index is -0.900. The van der Waals surface area contributed by atoms with Crippen LogP contribution in [-0.4, -0.2) is 13.1 Å². The zero-order valence-corrected chi connectivity index (χ0v) is 10.1. The van der Waals surface area contributed by atoms with Crippen molar-refractivity contribution in [3.8, 4) is 0 Å². The summed E-state index contributed by atoms with van der Waals surface area (Å²) in [7, 11) is 0. The fourth-order valence-electron chi connectivity index (χ4n) is 2.05. The molecule has 88 valence electrons. The van der Waals surface area contributed by atoms with Gasteiger partial charge in [0.05, 0.1) is 4.47 Å². The molecule has 1 unspecified atom stereocenters. The molecule has 1 heterocycles. The molecule has 16 heavy (non-hydrogen) atoms. The van der Waals surface area contributed by atoms with Gasteiger partial charge in [0.25, 0.3) is 0 Å². The Hall–Kier alpha value is -0.550. The molecule has 0 spiro atoms. The van der Waals surface area contributed by atoms with Crippen LogP contribution < -0.4 is 5.32 Å². The number of hydrogen-bond acceptors (Lipinski definition) is 1. The highest BCUT2D eigenvalue weighted by Gasteiger charge is 2.25. The van der Waals surface area contributed by atoms with Crippen molar-refractivity contribution < 1.29 is 13.2 Å². The van der Waals surface area contributed by atoms with Gasteiger partial charge in [-0.15, -0.1) is 0 Å². The van der Waals surface area contributed by atoms with Crippen LogP contribution in [0.2, 0.25) is 0 Å². The Morgan fingerprint density at radius 2 is 2.00 bits per heavy atom. The molecule has 0 aliphatic carbocycles. The largest absolute Gasteiger partial charge is 0.316 e. The molecule has 1 aliphatic rings. The van der Waals surface area contributed by atoms with Crippen LogP contribution in [0.4, 0.5) is 13.2 Å². The molecule has 1 aromatic rings. The Kier molecular flexibility index (Phi) is 3.54. The lowest BCUT2D eigenvalue weighted by Crippen LogP contribution is -2.29. The number of benzene rings is 1. The minimum absolute atomic E-state index is 0.0134. The molecule has 0 saturated carbocycles. The summed E-state index contributed by atoms with van der Waals surface area (Å²) >= 11 is 2.79. The van der Waals surface area contributed by atoms with Crippen molar-refractivity contribution in [3.05, 3.63) is 33.6 Å². The van der Waals surface area contributed by atoms with Gasteiger partial charge in [-0.2, -0.15) is 0 Å². The molecular formula is C11H11BrF3N. The van der Waals surface area contributed by atoms with Gasteiger partial charge in [0, 0.05) is 24.1 Å². The van der Waals surface area contributed by atoms with Crippen LogP contribution in [0.5, 0.6) is 0 Å². The van der Waals surface area contributed by atoms with Gasteiger partial charge in [-0.1, -0.05) is 0 Å². The third-order valence-electron chi connectivity index (χ3n) is 2.85. The van der Waals surface area contributed by atoms with E-state index in [1.54, 1.807) is 0 Å². The Labute approximate surface area is 100 Å². The van der Waals surface area contributed by atoms with Crippen LogP contribution in [0.3, 0.4) is 0 Å². The summed E-state index contributed by atoms with van der Waals surface area (Å²) in [5, 5.41) is 3.08. The van der Waals surface area contributed by atoms with E-state index in [1.807, 2.05) is 0 Å². The quantitative estimate of drug-likeness (QED) is 0.619. The van der Waals surface area contributed by atoms with E-state index in [-0.39, 0.29) is 16.0 Å². The van der Waals surface area contributed by atoms with Gasteiger partial charge in [0.2, 0.25) is 0 Å². The maximum Gasteiger partial charge on any atom is 0.146 e. The summed E-state index contributed by atoms with van der Waals surface area (Å²) in [6, 6.07) is 0.733. The summed E-state index contributed by atoms with van der Waals surface area (Å²) in [6.07, 6.45) is 1.59. The molecule has 1 atom stereocenters. The van der Waals surface area contributed by atoms with Gasteiger partial charge in [0.15, 0.2) is 0 Å². The van der Waals surface area contributed by atoms with E-state index in [4.69, 9.17) is 0 Å². The molecule has 1 N–H and O–H groups in total. The molecule has 1 fully saturated rings. The second-order valence-electron chi connectivity index (χ2n) is 3.93. The van der Waals surface area contributed by atoms with Gasteiger partial charge < -0.3 is 5.32 Å². The summed E-state index contributed by atoms with van der Waals surface area (Å²) in [4.78, 5) is 0. The van der Waals surface area contributed by atoms with E-state index < -0.39 is 17.5 Å². The van der Waals surface area contributed by atoms with Gasteiger partial charge in [-0.05, 0) is 35.3 Å². The van der Waals surface area contributed by atoms with E-state index in [1.165, 1.54) is 0 Å². The Balaban J connectivity index is 2.42. The van der Waals surface area contributed by atoms with Crippen molar-refractivity contribution in [3.63, 3.8) is 0 Å². The average molecular weight is 294 g/mol. The highest BCUT2D eigenvalue weighted by Crippen LogP contribution is 2.33. The van der Waals surface area contributed by atoms with E-state index in [2.05, 4.69) is 21.2 Å². The predicted molar refractivity (Wildman–Crippen MR) is 58.9 cm³/mol. The van der Waals surface area contributed by atoms with Crippen LogP contribution in [0.15, 0.2) is 10.5 Å².